The molecule has 1 saturated heterocycles. The molecular weight excluding hydrogens is 388 g/mol. The number of alkyl halides is 2. The van der Waals surface area contributed by atoms with E-state index in [0.29, 0.717) is 32.6 Å². The quantitative estimate of drug-likeness (QED) is 0.835. The minimum absolute atomic E-state index is 0.149. The van der Waals surface area contributed by atoms with E-state index < -0.39 is 6.43 Å². The minimum atomic E-state index is -2.57. The highest BCUT2D eigenvalue weighted by atomic mass is 19.3. The fourth-order valence-electron chi connectivity index (χ4n) is 4.76. The third-order valence-electron chi connectivity index (χ3n) is 6.53. The molecule has 1 amide bonds. The average Bonchev–Trinajstić information content (AvgIpc) is 3.15. The fraction of sp³-hybridized carbons (Fsp3) is 0.500. The topological polar surface area (TPSA) is 61.4 Å². The zero-order valence-corrected chi connectivity index (χ0v) is 17.0. The Morgan fingerprint density at radius 1 is 1.27 bits per heavy atom. The van der Waals surface area contributed by atoms with Crippen LogP contribution >= 0.6 is 0 Å². The summed E-state index contributed by atoms with van der Waals surface area (Å²) in [5, 5.41) is 3.40. The Balaban J connectivity index is 1.19. The number of carbonyl (C=O) groups is 1. The second kappa shape index (κ2) is 7.58. The van der Waals surface area contributed by atoms with Crippen LogP contribution in [-0.4, -0.2) is 40.4 Å². The van der Waals surface area contributed by atoms with Crippen LogP contribution in [0.15, 0.2) is 18.3 Å². The number of aromatic nitrogens is 2. The van der Waals surface area contributed by atoms with E-state index in [9.17, 15) is 13.6 Å². The summed E-state index contributed by atoms with van der Waals surface area (Å²) in [5.74, 6) is 0.395. The van der Waals surface area contributed by atoms with Gasteiger partial charge < -0.3 is 15.1 Å². The van der Waals surface area contributed by atoms with Gasteiger partial charge in [-0.15, -0.1) is 0 Å². The van der Waals surface area contributed by atoms with Crippen LogP contribution in [0, 0.1) is 12.8 Å². The average molecular weight is 413 g/mol. The zero-order chi connectivity index (χ0) is 20.8. The molecule has 158 valence electrons. The van der Waals surface area contributed by atoms with E-state index in [4.69, 9.17) is 4.98 Å². The molecule has 5 rings (SSSR count). The van der Waals surface area contributed by atoms with Crippen molar-refractivity contribution < 1.29 is 13.6 Å². The maximum absolute atomic E-state index is 12.9. The molecule has 3 aliphatic heterocycles. The van der Waals surface area contributed by atoms with Crippen molar-refractivity contribution in [3.8, 4) is 0 Å². The fourth-order valence-corrected chi connectivity index (χ4v) is 4.76. The first kappa shape index (κ1) is 19.4. The number of amides is 1. The molecule has 5 heterocycles. The van der Waals surface area contributed by atoms with Gasteiger partial charge in [0.1, 0.15) is 5.69 Å². The van der Waals surface area contributed by atoms with E-state index >= 15 is 0 Å². The van der Waals surface area contributed by atoms with Crippen LogP contribution < -0.4 is 10.2 Å². The molecule has 8 heteroatoms. The van der Waals surface area contributed by atoms with Gasteiger partial charge in [0.05, 0.1) is 12.2 Å². The van der Waals surface area contributed by atoms with Gasteiger partial charge >= 0.3 is 0 Å². The number of nitrogens with zero attached hydrogens (tertiary/aromatic N) is 4. The highest BCUT2D eigenvalue weighted by Gasteiger charge is 2.34. The lowest BCUT2D eigenvalue weighted by atomic mass is 9.95. The van der Waals surface area contributed by atoms with Gasteiger partial charge in [-0.3, -0.25) is 14.8 Å². The predicted molar refractivity (Wildman–Crippen MR) is 108 cm³/mol. The Morgan fingerprint density at radius 3 is 2.90 bits per heavy atom. The largest absolute Gasteiger partial charge is 0.371 e. The molecule has 0 saturated carbocycles. The maximum Gasteiger partial charge on any atom is 0.280 e. The van der Waals surface area contributed by atoms with Crippen molar-refractivity contribution in [2.45, 2.75) is 45.8 Å². The number of halogens is 2. The highest BCUT2D eigenvalue weighted by Crippen LogP contribution is 2.32. The smallest absolute Gasteiger partial charge is 0.280 e. The van der Waals surface area contributed by atoms with Gasteiger partial charge in [0, 0.05) is 69.1 Å². The lowest BCUT2D eigenvalue weighted by Gasteiger charge is -2.41. The van der Waals surface area contributed by atoms with Crippen LogP contribution in [0.5, 0.6) is 0 Å². The molecule has 0 unspecified atom stereocenters. The van der Waals surface area contributed by atoms with E-state index in [1.807, 2.05) is 9.80 Å². The van der Waals surface area contributed by atoms with Crippen LogP contribution in [0.4, 0.5) is 14.5 Å². The van der Waals surface area contributed by atoms with Crippen LogP contribution in [0.1, 0.15) is 46.6 Å². The third kappa shape index (κ3) is 3.43. The Kier molecular flexibility index (Phi) is 4.89. The van der Waals surface area contributed by atoms with Crippen LogP contribution in [0.2, 0.25) is 0 Å². The standard InChI is InChI=1S/C22H25F2N5O/c1-13-16-8-25-4-3-18(16)27-20-12-29(11-17(13)20)21(30)6-14-9-28(10-14)15-2-5-26-19(7-15)22(23)24/h2,5,7,14,22,25H,3-4,6,8-12H2,1H3. The second-order valence-electron chi connectivity index (χ2n) is 8.48. The van der Waals surface area contributed by atoms with Gasteiger partial charge in [-0.2, -0.15) is 0 Å². The van der Waals surface area contributed by atoms with Crippen LogP contribution in [-0.2, 0) is 30.8 Å². The molecule has 0 radical (unpaired) electrons. The molecule has 0 aromatic carbocycles. The summed E-state index contributed by atoms with van der Waals surface area (Å²) >= 11 is 0. The van der Waals surface area contributed by atoms with Crippen molar-refractivity contribution in [2.75, 3.05) is 24.5 Å². The second-order valence-corrected chi connectivity index (χ2v) is 8.48. The number of rotatable bonds is 4. The van der Waals surface area contributed by atoms with Crippen molar-refractivity contribution >= 4 is 11.6 Å². The summed E-state index contributed by atoms with van der Waals surface area (Å²) in [6, 6.07) is 3.18. The van der Waals surface area contributed by atoms with E-state index in [2.05, 4.69) is 17.2 Å². The third-order valence-corrected chi connectivity index (χ3v) is 6.53. The summed E-state index contributed by atoms with van der Waals surface area (Å²) in [4.78, 5) is 25.4. The molecule has 30 heavy (non-hydrogen) atoms. The number of fused-ring (bicyclic) bond motifs is 2. The summed E-state index contributed by atoms with van der Waals surface area (Å²) < 4.78 is 25.7. The predicted octanol–water partition coefficient (Wildman–Crippen LogP) is 2.74. The van der Waals surface area contributed by atoms with E-state index in [-0.39, 0.29) is 17.5 Å². The van der Waals surface area contributed by atoms with Crippen molar-refractivity contribution in [1.29, 1.82) is 0 Å². The van der Waals surface area contributed by atoms with Crippen molar-refractivity contribution in [3.63, 3.8) is 0 Å². The number of hydrogen-bond donors (Lipinski definition) is 1. The molecule has 2 aromatic heterocycles. The van der Waals surface area contributed by atoms with Gasteiger partial charge in [0.2, 0.25) is 5.91 Å². The first-order valence-corrected chi connectivity index (χ1v) is 10.5. The summed E-state index contributed by atoms with van der Waals surface area (Å²) in [7, 11) is 0. The van der Waals surface area contributed by atoms with Gasteiger partial charge in [-0.05, 0) is 35.7 Å². The molecule has 6 nitrogen and oxygen atoms in total. The van der Waals surface area contributed by atoms with Crippen molar-refractivity contribution in [2.24, 2.45) is 5.92 Å². The molecule has 0 aliphatic carbocycles. The molecule has 2 aromatic rings. The Hall–Kier alpha value is -2.61. The lowest BCUT2D eigenvalue weighted by Crippen LogP contribution is -2.48. The normalized spacial score (nSPS) is 18.4. The molecule has 3 aliphatic rings. The van der Waals surface area contributed by atoms with Crippen molar-refractivity contribution in [1.82, 2.24) is 20.2 Å². The van der Waals surface area contributed by atoms with E-state index in [0.717, 1.165) is 30.9 Å². The van der Waals surface area contributed by atoms with Crippen LogP contribution in [0.3, 0.4) is 0 Å². The number of pyridine rings is 2. The number of anilines is 1. The monoisotopic (exact) mass is 413 g/mol. The highest BCUT2D eigenvalue weighted by molar-refractivity contribution is 5.77. The summed E-state index contributed by atoms with van der Waals surface area (Å²) in [6.07, 6.45) is 0.273. The molecule has 1 N–H and O–H groups in total. The number of nitrogens with one attached hydrogen (secondary N) is 1. The molecular formula is C22H25F2N5O. The lowest BCUT2D eigenvalue weighted by molar-refractivity contribution is -0.133. The van der Waals surface area contributed by atoms with Crippen molar-refractivity contribution in [3.05, 3.63) is 52.1 Å². The van der Waals surface area contributed by atoms with Gasteiger partial charge in [-0.1, -0.05) is 0 Å². The summed E-state index contributed by atoms with van der Waals surface area (Å²) in [6.45, 7) is 6.59. The van der Waals surface area contributed by atoms with Gasteiger partial charge in [0.15, 0.2) is 0 Å². The summed E-state index contributed by atoms with van der Waals surface area (Å²) in [5.41, 5.74) is 6.54. The van der Waals surface area contributed by atoms with E-state index in [1.165, 1.54) is 34.6 Å². The first-order valence-electron chi connectivity index (χ1n) is 10.5. The SMILES string of the molecule is Cc1c2c(nc3c1CN(C(=O)CC1CN(c4ccnc(C(F)F)c4)C1)C3)CCNC2. The Morgan fingerprint density at radius 2 is 2.10 bits per heavy atom. The number of carbonyl (C=O) groups excluding carboxylic acids is 1. The number of hydrogen-bond acceptors (Lipinski definition) is 5. The van der Waals surface area contributed by atoms with Crippen LogP contribution in [0.25, 0.3) is 0 Å². The molecule has 0 spiro atoms. The molecule has 0 bridgehead atoms. The zero-order valence-electron chi connectivity index (χ0n) is 17.0. The Labute approximate surface area is 174 Å². The molecule has 1 fully saturated rings. The van der Waals surface area contributed by atoms with Gasteiger partial charge in [-0.25, -0.2) is 8.78 Å². The first-order chi connectivity index (χ1) is 14.5. The maximum atomic E-state index is 12.9. The van der Waals surface area contributed by atoms with Gasteiger partial charge in [0.25, 0.3) is 6.43 Å². The minimum Gasteiger partial charge on any atom is -0.371 e. The van der Waals surface area contributed by atoms with E-state index in [1.54, 1.807) is 6.07 Å². The Bertz CT molecular complexity index is 990. The molecule has 0 atom stereocenters.